The maximum Gasteiger partial charge on any atom is 0.407 e. The van der Waals surface area contributed by atoms with Crippen molar-refractivity contribution in [2.75, 3.05) is 0 Å². The lowest BCUT2D eigenvalue weighted by Gasteiger charge is -2.37. The molecule has 0 aliphatic heterocycles. The summed E-state index contributed by atoms with van der Waals surface area (Å²) in [5, 5.41) is 6.56. The Morgan fingerprint density at radius 3 is 2.62 bits per heavy atom. The summed E-state index contributed by atoms with van der Waals surface area (Å²) in [7, 11) is 0. The van der Waals surface area contributed by atoms with Gasteiger partial charge in [-0.25, -0.2) is 4.79 Å². The Balaban J connectivity index is 1.34. The van der Waals surface area contributed by atoms with E-state index in [2.05, 4.69) is 36.6 Å². The first kappa shape index (κ1) is 17.0. The largest absolute Gasteiger partial charge is 0.445 e. The van der Waals surface area contributed by atoms with Crippen LogP contribution in [0.3, 0.4) is 0 Å². The highest BCUT2D eigenvalue weighted by Gasteiger charge is 2.31. The molecule has 0 radical (unpaired) electrons. The van der Waals surface area contributed by atoms with E-state index in [-0.39, 0.29) is 12.1 Å². The fourth-order valence-corrected chi connectivity index (χ4v) is 3.81. The Bertz CT molecular complexity index is 665. The van der Waals surface area contributed by atoms with Gasteiger partial charge in [0.1, 0.15) is 6.61 Å². The van der Waals surface area contributed by atoms with Gasteiger partial charge in [0.2, 0.25) is 0 Å². The number of thiophene rings is 1. The zero-order valence-corrected chi connectivity index (χ0v) is 14.9. The molecule has 0 saturated heterocycles. The van der Waals surface area contributed by atoms with Crippen LogP contribution >= 0.6 is 11.3 Å². The number of rotatable bonds is 6. The van der Waals surface area contributed by atoms with Gasteiger partial charge < -0.3 is 15.4 Å². The van der Waals surface area contributed by atoms with E-state index in [0.29, 0.717) is 18.7 Å². The van der Waals surface area contributed by atoms with Crippen LogP contribution in [-0.2, 0) is 11.3 Å². The first-order valence-corrected chi connectivity index (χ1v) is 9.21. The minimum atomic E-state index is -0.329. The third-order valence-corrected chi connectivity index (χ3v) is 5.53. The quantitative estimate of drug-likeness (QED) is 0.827. The summed E-state index contributed by atoms with van der Waals surface area (Å²) >= 11 is 1.84. The van der Waals surface area contributed by atoms with Gasteiger partial charge in [-0.1, -0.05) is 30.3 Å². The summed E-state index contributed by atoms with van der Waals surface area (Å²) in [6.07, 6.45) is 1.58. The highest BCUT2D eigenvalue weighted by molar-refractivity contribution is 7.12. The molecule has 2 aromatic rings. The molecular formula is C19H24N2O2S. The van der Waals surface area contributed by atoms with Gasteiger partial charge in [-0.3, -0.25) is 0 Å². The number of hydrogen-bond acceptors (Lipinski definition) is 4. The van der Waals surface area contributed by atoms with E-state index in [0.717, 1.165) is 18.4 Å². The number of amides is 1. The molecule has 1 aromatic heterocycles. The van der Waals surface area contributed by atoms with Crippen LogP contribution in [0.4, 0.5) is 4.79 Å². The highest BCUT2D eigenvalue weighted by Crippen LogP contribution is 2.27. The van der Waals surface area contributed by atoms with Crippen molar-refractivity contribution in [3.05, 3.63) is 57.8 Å². The smallest absolute Gasteiger partial charge is 0.407 e. The van der Waals surface area contributed by atoms with Gasteiger partial charge in [0.05, 0.1) is 0 Å². The van der Waals surface area contributed by atoms with Crippen molar-refractivity contribution in [2.45, 2.75) is 51.4 Å². The molecule has 0 spiro atoms. The minimum absolute atomic E-state index is 0.211. The summed E-state index contributed by atoms with van der Waals surface area (Å²) in [6.45, 7) is 4.64. The fourth-order valence-electron chi connectivity index (χ4n) is 2.93. The fraction of sp³-hybridized carbons (Fsp3) is 0.421. The Kier molecular flexibility index (Phi) is 5.53. The average molecular weight is 344 g/mol. The van der Waals surface area contributed by atoms with Crippen LogP contribution in [0.2, 0.25) is 0 Å². The van der Waals surface area contributed by atoms with Crippen molar-refractivity contribution < 1.29 is 9.53 Å². The first-order valence-electron chi connectivity index (χ1n) is 8.40. The lowest BCUT2D eigenvalue weighted by molar-refractivity contribution is 0.124. The molecule has 1 aliphatic rings. The summed E-state index contributed by atoms with van der Waals surface area (Å²) in [4.78, 5) is 14.5. The van der Waals surface area contributed by atoms with Crippen molar-refractivity contribution in [3.63, 3.8) is 0 Å². The number of hydrogen-bond donors (Lipinski definition) is 2. The predicted octanol–water partition coefficient (Wildman–Crippen LogP) is 4.16. The van der Waals surface area contributed by atoms with E-state index >= 15 is 0 Å². The highest BCUT2D eigenvalue weighted by atomic mass is 32.1. The Labute approximate surface area is 147 Å². The van der Waals surface area contributed by atoms with E-state index < -0.39 is 0 Å². The predicted molar refractivity (Wildman–Crippen MR) is 97.2 cm³/mol. The molecule has 24 heavy (non-hydrogen) atoms. The normalized spacial score (nSPS) is 20.9. The molecule has 0 bridgehead atoms. The number of alkyl carbamates (subject to hydrolysis) is 1. The van der Waals surface area contributed by atoms with Gasteiger partial charge in [0, 0.05) is 27.9 Å². The molecule has 1 aromatic carbocycles. The number of carbonyl (C=O) groups excluding carboxylic acids is 1. The number of carbonyl (C=O) groups is 1. The second-order valence-electron chi connectivity index (χ2n) is 6.41. The Hall–Kier alpha value is -1.85. The number of ether oxygens (including phenoxy) is 1. The summed E-state index contributed by atoms with van der Waals surface area (Å²) in [5.41, 5.74) is 1.00. The minimum Gasteiger partial charge on any atom is -0.445 e. The molecular weight excluding hydrogens is 320 g/mol. The van der Waals surface area contributed by atoms with Gasteiger partial charge in [-0.2, -0.15) is 0 Å². The third-order valence-electron chi connectivity index (χ3n) is 4.35. The van der Waals surface area contributed by atoms with E-state index in [1.54, 1.807) is 0 Å². The summed E-state index contributed by atoms with van der Waals surface area (Å²) in [5.74, 6) is 0. The van der Waals surface area contributed by atoms with Gasteiger partial charge in [0.25, 0.3) is 0 Å². The Morgan fingerprint density at radius 2 is 1.96 bits per heavy atom. The molecule has 1 heterocycles. The van der Waals surface area contributed by atoms with Gasteiger partial charge in [-0.15, -0.1) is 11.3 Å². The van der Waals surface area contributed by atoms with E-state index in [1.807, 2.05) is 41.7 Å². The van der Waals surface area contributed by atoms with Gasteiger partial charge in [0.15, 0.2) is 0 Å². The van der Waals surface area contributed by atoms with Crippen LogP contribution in [0.25, 0.3) is 0 Å². The lowest BCUT2D eigenvalue weighted by Crippen LogP contribution is -2.52. The van der Waals surface area contributed by atoms with Crippen LogP contribution in [-0.4, -0.2) is 18.2 Å². The van der Waals surface area contributed by atoms with Crippen LogP contribution in [0.5, 0.6) is 0 Å². The van der Waals surface area contributed by atoms with Crippen molar-refractivity contribution in [1.82, 2.24) is 10.6 Å². The van der Waals surface area contributed by atoms with Crippen molar-refractivity contribution >= 4 is 17.4 Å². The number of nitrogens with one attached hydrogen (secondary N) is 2. The Morgan fingerprint density at radius 1 is 1.21 bits per heavy atom. The molecule has 1 atom stereocenters. The molecule has 2 N–H and O–H groups in total. The summed E-state index contributed by atoms with van der Waals surface area (Å²) < 4.78 is 5.25. The van der Waals surface area contributed by atoms with Crippen molar-refractivity contribution in [1.29, 1.82) is 0 Å². The molecule has 128 valence electrons. The number of benzene rings is 1. The van der Waals surface area contributed by atoms with Gasteiger partial charge >= 0.3 is 6.09 Å². The maximum absolute atomic E-state index is 11.8. The van der Waals surface area contributed by atoms with Crippen LogP contribution in [0.15, 0.2) is 42.5 Å². The van der Waals surface area contributed by atoms with Crippen LogP contribution in [0, 0.1) is 6.92 Å². The molecule has 1 fully saturated rings. The monoisotopic (exact) mass is 344 g/mol. The second-order valence-corrected chi connectivity index (χ2v) is 7.73. The average Bonchev–Trinajstić information content (AvgIpc) is 2.98. The number of aryl methyl sites for hydroxylation is 1. The zero-order valence-electron chi connectivity index (χ0n) is 14.1. The van der Waals surface area contributed by atoms with E-state index in [9.17, 15) is 4.79 Å². The molecule has 1 unspecified atom stereocenters. The van der Waals surface area contributed by atoms with Gasteiger partial charge in [-0.05, 0) is 44.4 Å². The van der Waals surface area contributed by atoms with E-state index in [4.69, 9.17) is 4.74 Å². The topological polar surface area (TPSA) is 50.4 Å². The maximum atomic E-state index is 11.8. The first-order chi connectivity index (χ1) is 11.6. The van der Waals surface area contributed by atoms with Crippen LogP contribution in [0.1, 0.15) is 41.1 Å². The zero-order chi connectivity index (χ0) is 16.9. The summed E-state index contributed by atoms with van der Waals surface area (Å²) in [6, 6.07) is 15.1. The van der Waals surface area contributed by atoms with Crippen LogP contribution < -0.4 is 10.6 Å². The van der Waals surface area contributed by atoms with E-state index in [1.165, 1.54) is 9.75 Å². The standard InChI is InChI=1S/C19H24N2O2S/c1-13-8-9-18(24-13)14(2)20-16-10-17(11-16)21-19(22)23-12-15-6-4-3-5-7-15/h3-9,14,16-17,20H,10-12H2,1-2H3,(H,21,22). The molecule has 1 amide bonds. The SMILES string of the molecule is Cc1ccc(C(C)NC2CC(NC(=O)OCc3ccccc3)C2)s1. The molecule has 4 nitrogen and oxygen atoms in total. The molecule has 1 aliphatic carbocycles. The molecule has 5 heteroatoms. The third kappa shape index (κ3) is 4.58. The molecule has 1 saturated carbocycles. The lowest BCUT2D eigenvalue weighted by atomic mass is 9.86. The van der Waals surface area contributed by atoms with Crippen molar-refractivity contribution in [3.8, 4) is 0 Å². The van der Waals surface area contributed by atoms with Crippen molar-refractivity contribution in [2.24, 2.45) is 0 Å². The molecule has 3 rings (SSSR count). The second kappa shape index (κ2) is 7.81.